The summed E-state index contributed by atoms with van der Waals surface area (Å²) in [7, 11) is 0. The zero-order valence-electron chi connectivity index (χ0n) is 16.7. The van der Waals surface area contributed by atoms with Gasteiger partial charge in [-0.2, -0.15) is 0 Å². The average molecular weight is 385 g/mol. The molecule has 29 heavy (non-hydrogen) atoms. The van der Waals surface area contributed by atoms with Crippen molar-refractivity contribution in [2.45, 2.75) is 33.1 Å². The lowest BCUT2D eigenvalue weighted by molar-refractivity contribution is 0.0926. The predicted octanol–water partition coefficient (Wildman–Crippen LogP) is 4.64. The van der Waals surface area contributed by atoms with Crippen LogP contribution in [0.25, 0.3) is 10.9 Å². The van der Waals surface area contributed by atoms with Crippen LogP contribution in [-0.2, 0) is 0 Å². The molecule has 1 saturated heterocycles. The highest BCUT2D eigenvalue weighted by Crippen LogP contribution is 2.39. The van der Waals surface area contributed by atoms with E-state index in [9.17, 15) is 9.59 Å². The maximum absolute atomic E-state index is 13.6. The summed E-state index contributed by atoms with van der Waals surface area (Å²) in [4.78, 5) is 35.3. The number of amides is 2. The third kappa shape index (κ3) is 2.72. The van der Waals surface area contributed by atoms with E-state index < -0.39 is 0 Å². The summed E-state index contributed by atoms with van der Waals surface area (Å²) in [6, 6.07) is 13.6. The van der Waals surface area contributed by atoms with Crippen molar-refractivity contribution in [1.82, 2.24) is 4.98 Å². The number of anilines is 2. The molecule has 1 aromatic heterocycles. The van der Waals surface area contributed by atoms with Crippen molar-refractivity contribution >= 4 is 34.1 Å². The lowest BCUT2D eigenvalue weighted by Gasteiger charge is -2.32. The molecule has 5 rings (SSSR count). The Bertz CT molecular complexity index is 1160. The summed E-state index contributed by atoms with van der Waals surface area (Å²) in [6.45, 7) is 5.69. The monoisotopic (exact) mass is 385 g/mol. The van der Waals surface area contributed by atoms with Gasteiger partial charge in [0.25, 0.3) is 11.8 Å². The van der Waals surface area contributed by atoms with Gasteiger partial charge in [-0.25, -0.2) is 4.90 Å². The fraction of sp³-hybridized carbons (Fsp3) is 0.292. The molecule has 0 unspecified atom stereocenters. The molecule has 0 saturated carbocycles. The number of fused-ring (bicyclic) bond motifs is 3. The van der Waals surface area contributed by atoms with Crippen LogP contribution in [0.3, 0.4) is 0 Å². The van der Waals surface area contributed by atoms with Gasteiger partial charge in [-0.1, -0.05) is 23.8 Å². The van der Waals surface area contributed by atoms with Crippen LogP contribution in [0.1, 0.15) is 51.2 Å². The normalized spacial score (nSPS) is 16.6. The second-order valence-electron chi connectivity index (χ2n) is 7.95. The quantitative estimate of drug-likeness (QED) is 0.603. The zero-order chi connectivity index (χ0) is 20.1. The smallest absolute Gasteiger partial charge is 0.268 e. The Balaban J connectivity index is 1.68. The molecule has 0 radical (unpaired) electrons. The van der Waals surface area contributed by atoms with Crippen molar-refractivity contribution in [2.75, 3.05) is 22.9 Å². The van der Waals surface area contributed by atoms with Crippen LogP contribution < -0.4 is 9.80 Å². The van der Waals surface area contributed by atoms with Crippen LogP contribution in [0, 0.1) is 13.8 Å². The Morgan fingerprint density at radius 2 is 1.52 bits per heavy atom. The third-order valence-corrected chi connectivity index (χ3v) is 5.97. The number of aromatic nitrogens is 1. The Morgan fingerprint density at radius 3 is 2.28 bits per heavy atom. The maximum Gasteiger partial charge on any atom is 0.268 e. The van der Waals surface area contributed by atoms with Crippen LogP contribution in [0.2, 0.25) is 0 Å². The first kappa shape index (κ1) is 17.9. The van der Waals surface area contributed by atoms with E-state index >= 15 is 0 Å². The number of nitrogens with zero attached hydrogens (tertiary/aromatic N) is 3. The molecule has 3 aromatic rings. The van der Waals surface area contributed by atoms with Crippen molar-refractivity contribution in [3.05, 3.63) is 64.8 Å². The fourth-order valence-electron chi connectivity index (χ4n) is 4.57. The lowest BCUT2D eigenvalue weighted by atomic mass is 10.0. The molecule has 5 heteroatoms. The van der Waals surface area contributed by atoms with Gasteiger partial charge in [-0.3, -0.25) is 14.6 Å². The highest BCUT2D eigenvalue weighted by atomic mass is 16.2. The summed E-state index contributed by atoms with van der Waals surface area (Å²) < 4.78 is 0. The molecule has 2 aliphatic heterocycles. The molecule has 0 bridgehead atoms. The Morgan fingerprint density at radius 1 is 0.828 bits per heavy atom. The van der Waals surface area contributed by atoms with Gasteiger partial charge in [0.05, 0.1) is 33.7 Å². The molecule has 2 aliphatic rings. The number of para-hydroxylation sites is 2. The minimum absolute atomic E-state index is 0.254. The Kier molecular flexibility index (Phi) is 4.12. The molecular weight excluding hydrogens is 362 g/mol. The first-order chi connectivity index (χ1) is 14.1. The summed E-state index contributed by atoms with van der Waals surface area (Å²) in [5.74, 6) is -0.529. The number of piperidine rings is 1. The molecule has 0 aliphatic carbocycles. The second-order valence-corrected chi connectivity index (χ2v) is 7.95. The van der Waals surface area contributed by atoms with Gasteiger partial charge in [0.15, 0.2) is 0 Å². The predicted molar refractivity (Wildman–Crippen MR) is 115 cm³/mol. The summed E-state index contributed by atoms with van der Waals surface area (Å²) in [6.07, 6.45) is 3.48. The first-order valence-electron chi connectivity index (χ1n) is 10.2. The minimum atomic E-state index is -0.275. The summed E-state index contributed by atoms with van der Waals surface area (Å²) in [5, 5.41) is 0.752. The number of hydrogen-bond acceptors (Lipinski definition) is 4. The van der Waals surface area contributed by atoms with E-state index in [0.717, 1.165) is 48.1 Å². The van der Waals surface area contributed by atoms with Gasteiger partial charge >= 0.3 is 0 Å². The standard InChI is InChI=1S/C24H23N3O2/c1-15-10-11-18-17(14-15)22-21(16(2)25-18)23(28)27(24(22)29)20-9-5-4-8-19(20)26-12-6-3-7-13-26/h4-5,8-11,14H,3,6-7,12-13H2,1-2H3. The number of benzene rings is 2. The van der Waals surface area contributed by atoms with Crippen LogP contribution in [0.5, 0.6) is 0 Å². The number of rotatable bonds is 2. The minimum Gasteiger partial charge on any atom is -0.370 e. The molecule has 0 N–H and O–H groups in total. The number of carbonyl (C=O) groups excluding carboxylic acids is 2. The van der Waals surface area contributed by atoms with Crippen LogP contribution in [-0.4, -0.2) is 29.9 Å². The SMILES string of the molecule is Cc1ccc2nc(C)c3c(c2c1)C(=O)N(c1ccccc1N1CCCCC1)C3=O. The van der Waals surface area contributed by atoms with Crippen molar-refractivity contribution < 1.29 is 9.59 Å². The molecule has 2 amide bonds. The van der Waals surface area contributed by atoms with Gasteiger partial charge in [-0.15, -0.1) is 0 Å². The Hall–Kier alpha value is -3.21. The van der Waals surface area contributed by atoms with E-state index in [2.05, 4.69) is 9.88 Å². The molecule has 3 heterocycles. The molecule has 2 aromatic carbocycles. The van der Waals surface area contributed by atoms with E-state index in [-0.39, 0.29) is 11.8 Å². The summed E-state index contributed by atoms with van der Waals surface area (Å²) >= 11 is 0. The third-order valence-electron chi connectivity index (χ3n) is 5.97. The van der Waals surface area contributed by atoms with E-state index in [1.165, 1.54) is 11.3 Å². The van der Waals surface area contributed by atoms with E-state index in [4.69, 9.17) is 0 Å². The van der Waals surface area contributed by atoms with Crippen molar-refractivity contribution in [3.8, 4) is 0 Å². The van der Waals surface area contributed by atoms with E-state index in [1.807, 2.05) is 56.3 Å². The fourth-order valence-corrected chi connectivity index (χ4v) is 4.57. The number of pyridine rings is 1. The highest BCUT2D eigenvalue weighted by Gasteiger charge is 2.41. The van der Waals surface area contributed by atoms with Gasteiger partial charge in [0.2, 0.25) is 0 Å². The number of aryl methyl sites for hydroxylation is 2. The van der Waals surface area contributed by atoms with Crippen molar-refractivity contribution in [3.63, 3.8) is 0 Å². The van der Waals surface area contributed by atoms with Crippen LogP contribution in [0.15, 0.2) is 42.5 Å². The first-order valence-corrected chi connectivity index (χ1v) is 10.2. The molecule has 1 fully saturated rings. The molecule has 5 nitrogen and oxygen atoms in total. The molecular formula is C24H23N3O2. The second kappa shape index (κ2) is 6.69. The van der Waals surface area contributed by atoms with Gasteiger partial charge in [-0.05, 0) is 57.4 Å². The molecule has 0 spiro atoms. The maximum atomic E-state index is 13.6. The van der Waals surface area contributed by atoms with E-state index in [1.54, 1.807) is 0 Å². The number of hydrogen-bond donors (Lipinski definition) is 0. The van der Waals surface area contributed by atoms with Gasteiger partial charge in [0.1, 0.15) is 0 Å². The average Bonchev–Trinajstić information content (AvgIpc) is 3.00. The van der Waals surface area contributed by atoms with E-state index in [0.29, 0.717) is 22.5 Å². The topological polar surface area (TPSA) is 53.5 Å². The highest BCUT2D eigenvalue weighted by molar-refractivity contribution is 6.38. The van der Waals surface area contributed by atoms with Crippen molar-refractivity contribution in [2.24, 2.45) is 0 Å². The Labute approximate surface area is 170 Å². The summed E-state index contributed by atoms with van der Waals surface area (Å²) in [5.41, 5.74) is 4.93. The van der Waals surface area contributed by atoms with Gasteiger partial charge in [0, 0.05) is 18.5 Å². The number of carbonyl (C=O) groups is 2. The number of imide groups is 1. The molecule has 146 valence electrons. The largest absolute Gasteiger partial charge is 0.370 e. The van der Waals surface area contributed by atoms with Crippen LogP contribution in [0.4, 0.5) is 11.4 Å². The van der Waals surface area contributed by atoms with Gasteiger partial charge < -0.3 is 4.90 Å². The molecule has 0 atom stereocenters. The van der Waals surface area contributed by atoms with Crippen LogP contribution >= 0.6 is 0 Å². The zero-order valence-corrected chi connectivity index (χ0v) is 16.7. The van der Waals surface area contributed by atoms with Crippen molar-refractivity contribution in [1.29, 1.82) is 0 Å². The lowest BCUT2D eigenvalue weighted by Crippen LogP contribution is -2.34.